The lowest BCUT2D eigenvalue weighted by Crippen LogP contribution is -2.52. The van der Waals surface area contributed by atoms with E-state index in [0.29, 0.717) is 5.56 Å². The number of methoxy groups -OCH3 is 1. The predicted octanol–water partition coefficient (Wildman–Crippen LogP) is 1.50. The summed E-state index contributed by atoms with van der Waals surface area (Å²) in [6.45, 7) is 0.245. The van der Waals surface area contributed by atoms with Crippen molar-refractivity contribution in [1.29, 1.82) is 0 Å². The lowest BCUT2D eigenvalue weighted by Gasteiger charge is -2.25. The van der Waals surface area contributed by atoms with Gasteiger partial charge in [0.1, 0.15) is 12.4 Å². The second kappa shape index (κ2) is 4.85. The van der Waals surface area contributed by atoms with E-state index in [2.05, 4.69) is 10.1 Å². The van der Waals surface area contributed by atoms with Gasteiger partial charge in [-0.05, 0) is 35.0 Å². The van der Waals surface area contributed by atoms with E-state index in [0.717, 1.165) is 16.5 Å². The molecule has 1 aliphatic heterocycles. The summed E-state index contributed by atoms with van der Waals surface area (Å²) in [5.41, 5.74) is 0.516. The molecule has 20 heavy (non-hydrogen) atoms. The van der Waals surface area contributed by atoms with Crippen LogP contribution in [0.4, 0.5) is 0 Å². The van der Waals surface area contributed by atoms with Gasteiger partial charge in [-0.15, -0.1) is 0 Å². The number of hydrogen-bond acceptors (Lipinski definition) is 4. The first-order valence-corrected chi connectivity index (χ1v) is 6.23. The number of benzene rings is 2. The van der Waals surface area contributed by atoms with Gasteiger partial charge in [0, 0.05) is 5.56 Å². The van der Waals surface area contributed by atoms with Crippen LogP contribution in [0, 0.1) is 0 Å². The Hall–Kier alpha value is -2.56. The van der Waals surface area contributed by atoms with Gasteiger partial charge in [0.2, 0.25) is 0 Å². The predicted molar refractivity (Wildman–Crippen MR) is 72.7 cm³/mol. The smallest absolute Gasteiger partial charge is 0.332 e. The van der Waals surface area contributed by atoms with Crippen LogP contribution >= 0.6 is 0 Å². The molecule has 1 saturated heterocycles. The Morgan fingerprint density at radius 3 is 2.65 bits per heavy atom. The molecule has 3 rings (SSSR count). The largest absolute Gasteiger partial charge is 0.497 e. The van der Waals surface area contributed by atoms with Crippen molar-refractivity contribution >= 4 is 22.6 Å². The minimum absolute atomic E-state index is 0.245. The highest BCUT2D eigenvalue weighted by atomic mass is 16.6. The van der Waals surface area contributed by atoms with Crippen LogP contribution in [0.1, 0.15) is 10.4 Å². The number of rotatable bonds is 3. The van der Waals surface area contributed by atoms with Gasteiger partial charge in [0.15, 0.2) is 6.04 Å². The van der Waals surface area contributed by atoms with Gasteiger partial charge in [0.05, 0.1) is 7.11 Å². The van der Waals surface area contributed by atoms with E-state index in [1.807, 2.05) is 24.3 Å². The molecule has 0 spiro atoms. The molecule has 1 fully saturated rings. The standard InChI is InChI=1S/C15H13NO4/c1-19-12-5-4-9-6-11(3-2-10(9)7-12)14(17)16-13-8-20-15(13)18/h2-7,13H,8H2,1H3,(H,16,17)/t13-/m0/s1. The fourth-order valence-corrected chi connectivity index (χ4v) is 2.07. The van der Waals surface area contributed by atoms with E-state index < -0.39 is 6.04 Å². The minimum Gasteiger partial charge on any atom is -0.497 e. The first kappa shape index (κ1) is 12.5. The molecule has 0 bridgehead atoms. The molecule has 1 N–H and O–H groups in total. The fraction of sp³-hybridized carbons (Fsp3) is 0.200. The van der Waals surface area contributed by atoms with Crippen molar-refractivity contribution in [2.24, 2.45) is 0 Å². The summed E-state index contributed by atoms with van der Waals surface area (Å²) in [5, 5.41) is 4.56. The van der Waals surface area contributed by atoms with E-state index in [1.165, 1.54) is 0 Å². The summed E-state index contributed by atoms with van der Waals surface area (Å²) in [7, 11) is 1.61. The van der Waals surface area contributed by atoms with Crippen LogP contribution in [0.3, 0.4) is 0 Å². The van der Waals surface area contributed by atoms with Crippen LogP contribution in [0.15, 0.2) is 36.4 Å². The normalized spacial score (nSPS) is 17.2. The zero-order valence-electron chi connectivity index (χ0n) is 10.9. The lowest BCUT2D eigenvalue weighted by molar-refractivity contribution is -0.162. The van der Waals surface area contributed by atoms with Gasteiger partial charge in [-0.25, -0.2) is 4.79 Å². The number of esters is 1. The quantitative estimate of drug-likeness (QED) is 0.859. The second-order valence-corrected chi connectivity index (χ2v) is 4.58. The number of hydrogen-bond donors (Lipinski definition) is 1. The number of cyclic esters (lactones) is 1. The summed E-state index contributed by atoms with van der Waals surface area (Å²) >= 11 is 0. The van der Waals surface area contributed by atoms with Gasteiger partial charge in [0.25, 0.3) is 5.91 Å². The van der Waals surface area contributed by atoms with E-state index in [-0.39, 0.29) is 18.5 Å². The first-order valence-electron chi connectivity index (χ1n) is 6.23. The van der Waals surface area contributed by atoms with E-state index in [4.69, 9.17) is 4.74 Å². The Balaban J connectivity index is 1.84. The molecular formula is C15H13NO4. The average Bonchev–Trinajstić information content (AvgIpc) is 2.49. The van der Waals surface area contributed by atoms with Crippen molar-refractivity contribution in [3.63, 3.8) is 0 Å². The molecule has 1 heterocycles. The summed E-state index contributed by atoms with van der Waals surface area (Å²) in [4.78, 5) is 23.0. The highest BCUT2D eigenvalue weighted by Gasteiger charge is 2.32. The molecule has 5 heteroatoms. The number of fused-ring (bicyclic) bond motifs is 1. The fourth-order valence-electron chi connectivity index (χ4n) is 2.07. The third-order valence-electron chi connectivity index (χ3n) is 3.29. The van der Waals surface area contributed by atoms with Crippen molar-refractivity contribution in [2.45, 2.75) is 6.04 Å². The number of carbonyl (C=O) groups is 2. The van der Waals surface area contributed by atoms with E-state index in [9.17, 15) is 9.59 Å². The maximum Gasteiger partial charge on any atom is 0.332 e. The van der Waals surface area contributed by atoms with Gasteiger partial charge in [-0.1, -0.05) is 12.1 Å². The molecule has 0 aliphatic carbocycles. The van der Waals surface area contributed by atoms with Gasteiger partial charge >= 0.3 is 5.97 Å². The van der Waals surface area contributed by atoms with Gasteiger partial charge in [-0.2, -0.15) is 0 Å². The van der Waals surface area contributed by atoms with Gasteiger partial charge < -0.3 is 14.8 Å². The molecule has 1 atom stereocenters. The summed E-state index contributed by atoms with van der Waals surface area (Å²) in [6.07, 6.45) is 0. The van der Waals surface area contributed by atoms with Crippen LogP contribution in [0.5, 0.6) is 5.75 Å². The monoisotopic (exact) mass is 271 g/mol. The number of nitrogens with one attached hydrogen (secondary N) is 1. The number of carbonyl (C=O) groups excluding carboxylic acids is 2. The van der Waals surface area contributed by atoms with Crippen LogP contribution in [0.2, 0.25) is 0 Å². The molecule has 0 aromatic heterocycles. The highest BCUT2D eigenvalue weighted by molar-refractivity contribution is 6.01. The summed E-state index contributed by atoms with van der Waals surface area (Å²) in [6, 6.07) is 10.5. The molecule has 0 radical (unpaired) electrons. The van der Waals surface area contributed by atoms with Crippen molar-refractivity contribution in [3.05, 3.63) is 42.0 Å². The summed E-state index contributed by atoms with van der Waals surface area (Å²) in [5.74, 6) is 0.111. The van der Waals surface area contributed by atoms with E-state index >= 15 is 0 Å². The van der Waals surface area contributed by atoms with Crippen LogP contribution in [0.25, 0.3) is 10.8 Å². The Bertz CT molecular complexity index is 695. The van der Waals surface area contributed by atoms with Crippen LogP contribution < -0.4 is 10.1 Å². The molecule has 0 saturated carbocycles. The molecule has 5 nitrogen and oxygen atoms in total. The zero-order valence-corrected chi connectivity index (χ0v) is 10.9. The highest BCUT2D eigenvalue weighted by Crippen LogP contribution is 2.22. The van der Waals surface area contributed by atoms with Crippen molar-refractivity contribution < 1.29 is 19.1 Å². The maximum atomic E-state index is 12.0. The second-order valence-electron chi connectivity index (χ2n) is 4.58. The Morgan fingerprint density at radius 2 is 2.00 bits per heavy atom. The third kappa shape index (κ3) is 2.18. The molecule has 102 valence electrons. The Morgan fingerprint density at radius 1 is 1.25 bits per heavy atom. The van der Waals surface area contributed by atoms with E-state index in [1.54, 1.807) is 19.2 Å². The Kier molecular flexibility index (Phi) is 3.02. The maximum absolute atomic E-state index is 12.0. The lowest BCUT2D eigenvalue weighted by atomic mass is 10.1. The Labute approximate surface area is 115 Å². The molecular weight excluding hydrogens is 258 g/mol. The van der Waals surface area contributed by atoms with Gasteiger partial charge in [-0.3, -0.25) is 4.79 Å². The number of amides is 1. The van der Waals surface area contributed by atoms with Crippen LogP contribution in [-0.4, -0.2) is 31.6 Å². The molecule has 2 aromatic rings. The van der Waals surface area contributed by atoms with Crippen molar-refractivity contribution in [1.82, 2.24) is 5.32 Å². The zero-order chi connectivity index (χ0) is 14.1. The SMILES string of the molecule is COc1ccc2cc(C(=O)N[C@H]3COC3=O)ccc2c1. The summed E-state index contributed by atoms with van der Waals surface area (Å²) < 4.78 is 9.76. The molecule has 2 aromatic carbocycles. The van der Waals surface area contributed by atoms with Crippen LogP contribution in [-0.2, 0) is 9.53 Å². The minimum atomic E-state index is -0.519. The third-order valence-corrected chi connectivity index (χ3v) is 3.29. The van der Waals surface area contributed by atoms with Crippen molar-refractivity contribution in [2.75, 3.05) is 13.7 Å². The first-order chi connectivity index (χ1) is 9.67. The molecule has 0 unspecified atom stereocenters. The molecule has 1 aliphatic rings. The topological polar surface area (TPSA) is 64.6 Å². The van der Waals surface area contributed by atoms with Crippen molar-refractivity contribution in [3.8, 4) is 5.75 Å². The molecule has 1 amide bonds. The average molecular weight is 271 g/mol. The number of ether oxygens (including phenoxy) is 2.